The molecule has 0 atom stereocenters. The lowest BCUT2D eigenvalue weighted by molar-refractivity contribution is -0.585. The minimum Gasteiger partial charge on any atom is -0.418 e. The fourth-order valence-electron chi connectivity index (χ4n) is 4.23. The summed E-state index contributed by atoms with van der Waals surface area (Å²) in [4.78, 5) is 10.7. The van der Waals surface area contributed by atoms with Crippen LogP contribution in [0, 0.1) is 17.0 Å². The van der Waals surface area contributed by atoms with Crippen LogP contribution in [0.4, 0.5) is 23.0 Å². The molecular formula is C32H25BF4N2O2. The second kappa shape index (κ2) is 12.9. The van der Waals surface area contributed by atoms with Crippen molar-refractivity contribution in [3.05, 3.63) is 148 Å². The van der Waals surface area contributed by atoms with E-state index in [1.807, 2.05) is 30.3 Å². The Bertz CT molecular complexity index is 1630. The molecule has 41 heavy (non-hydrogen) atoms. The van der Waals surface area contributed by atoms with E-state index >= 15 is 0 Å². The van der Waals surface area contributed by atoms with Gasteiger partial charge in [0.15, 0.2) is 0 Å². The molecule has 206 valence electrons. The van der Waals surface area contributed by atoms with Gasteiger partial charge in [0.05, 0.1) is 4.92 Å². The summed E-state index contributed by atoms with van der Waals surface area (Å²) in [7, 11) is -6.00. The molecule has 5 aromatic rings. The van der Waals surface area contributed by atoms with Gasteiger partial charge in [-0.05, 0) is 54.0 Å². The summed E-state index contributed by atoms with van der Waals surface area (Å²) < 4.78 is 41.3. The number of aryl methyl sites for hydroxylation is 1. The van der Waals surface area contributed by atoms with E-state index in [4.69, 9.17) is 0 Å². The van der Waals surface area contributed by atoms with Crippen LogP contribution in [0.15, 0.2) is 121 Å². The molecule has 4 nitrogen and oxygen atoms in total. The average Bonchev–Trinajstić information content (AvgIpc) is 2.96. The first-order chi connectivity index (χ1) is 19.6. The van der Waals surface area contributed by atoms with Gasteiger partial charge in [-0.3, -0.25) is 10.1 Å². The van der Waals surface area contributed by atoms with Crippen LogP contribution in [0.3, 0.4) is 0 Å². The van der Waals surface area contributed by atoms with Crippen LogP contribution < -0.4 is 4.57 Å². The van der Waals surface area contributed by atoms with E-state index in [1.165, 1.54) is 17.7 Å². The summed E-state index contributed by atoms with van der Waals surface area (Å²) in [6.45, 7) is 2.08. The second-order valence-corrected chi connectivity index (χ2v) is 9.13. The quantitative estimate of drug-likeness (QED) is 0.0689. The normalized spacial score (nSPS) is 11.1. The number of hydrogen-bond acceptors (Lipinski definition) is 2. The molecule has 0 aliphatic rings. The predicted octanol–water partition coefficient (Wildman–Crippen LogP) is 8.98. The highest BCUT2D eigenvalue weighted by atomic mass is 19.5. The Balaban J connectivity index is 0.000000714. The highest BCUT2D eigenvalue weighted by Crippen LogP contribution is 2.27. The zero-order valence-corrected chi connectivity index (χ0v) is 22.0. The van der Waals surface area contributed by atoms with Crippen molar-refractivity contribution < 1.29 is 26.8 Å². The number of halogens is 4. The Kier molecular flexibility index (Phi) is 9.09. The van der Waals surface area contributed by atoms with E-state index in [2.05, 4.69) is 90.4 Å². The van der Waals surface area contributed by atoms with E-state index in [-0.39, 0.29) is 10.6 Å². The Morgan fingerprint density at radius 3 is 1.76 bits per heavy atom. The first-order valence-corrected chi connectivity index (χ1v) is 12.7. The summed E-state index contributed by atoms with van der Waals surface area (Å²) in [5.74, 6) is 0. The molecule has 5 rings (SSSR count). The summed E-state index contributed by atoms with van der Waals surface area (Å²) in [5.41, 5.74) is 8.66. The lowest BCUT2D eigenvalue weighted by Gasteiger charge is -2.11. The van der Waals surface area contributed by atoms with Gasteiger partial charge in [0.1, 0.15) is 0 Å². The Morgan fingerprint density at radius 2 is 1.22 bits per heavy atom. The molecular weight excluding hydrogens is 531 g/mol. The molecule has 1 heterocycles. The van der Waals surface area contributed by atoms with Crippen LogP contribution in [-0.4, -0.2) is 12.2 Å². The molecule has 0 amide bonds. The number of rotatable bonds is 6. The third kappa shape index (κ3) is 8.22. The maximum Gasteiger partial charge on any atom is 0.673 e. The van der Waals surface area contributed by atoms with Gasteiger partial charge in [0.25, 0.3) is 5.69 Å². The number of non-ortho nitro benzene ring substituents is 1. The minimum atomic E-state index is -6.00. The predicted molar refractivity (Wildman–Crippen MR) is 156 cm³/mol. The van der Waals surface area contributed by atoms with Gasteiger partial charge >= 0.3 is 7.25 Å². The summed E-state index contributed by atoms with van der Waals surface area (Å²) in [6.07, 6.45) is 4.06. The molecule has 0 saturated carbocycles. The lowest BCUT2D eigenvalue weighted by atomic mass is 10.0. The van der Waals surface area contributed by atoms with E-state index < -0.39 is 7.25 Å². The van der Waals surface area contributed by atoms with Gasteiger partial charge in [0.2, 0.25) is 17.1 Å². The van der Waals surface area contributed by atoms with Gasteiger partial charge in [-0.2, -0.15) is 4.57 Å². The average molecular weight is 556 g/mol. The number of benzene rings is 4. The van der Waals surface area contributed by atoms with Gasteiger partial charge in [-0.1, -0.05) is 66.2 Å². The largest absolute Gasteiger partial charge is 0.673 e. The molecule has 0 spiro atoms. The molecule has 9 heteroatoms. The first-order valence-electron chi connectivity index (χ1n) is 12.7. The first kappa shape index (κ1) is 29.0. The van der Waals surface area contributed by atoms with E-state index in [0.29, 0.717) is 0 Å². The zero-order chi connectivity index (χ0) is 29.4. The molecule has 0 fully saturated rings. The topological polar surface area (TPSA) is 47.0 Å². The molecule has 0 N–H and O–H groups in total. The molecule has 0 bridgehead atoms. The number of aromatic nitrogens is 1. The smallest absolute Gasteiger partial charge is 0.418 e. The van der Waals surface area contributed by atoms with E-state index in [1.54, 1.807) is 12.1 Å². The van der Waals surface area contributed by atoms with Crippen molar-refractivity contribution in [3.8, 4) is 28.1 Å². The number of pyridine rings is 1. The Labute approximate surface area is 235 Å². The minimum absolute atomic E-state index is 0.0827. The maximum absolute atomic E-state index is 11.0. The number of nitro groups is 1. The number of nitrogens with zero attached hydrogens (tertiary/aromatic N) is 2. The molecule has 0 saturated heterocycles. The van der Waals surface area contributed by atoms with Crippen LogP contribution >= 0.6 is 0 Å². The van der Waals surface area contributed by atoms with Gasteiger partial charge in [0, 0.05) is 48.0 Å². The number of hydrogen-bond donors (Lipinski definition) is 0. The molecule has 0 aliphatic heterocycles. The number of nitro benzene ring substituents is 1. The van der Waals surface area contributed by atoms with Crippen molar-refractivity contribution in [1.82, 2.24) is 0 Å². The lowest BCUT2D eigenvalue weighted by Crippen LogP contribution is -2.37. The Morgan fingerprint density at radius 1 is 0.683 bits per heavy atom. The molecule has 1 aromatic heterocycles. The third-order valence-electron chi connectivity index (χ3n) is 6.11. The maximum atomic E-state index is 11.0. The Hall–Kier alpha value is -5.05. The van der Waals surface area contributed by atoms with Crippen molar-refractivity contribution >= 4 is 25.1 Å². The summed E-state index contributed by atoms with van der Waals surface area (Å²) in [6, 6.07) is 40.2. The standard InChI is InChI=1S/C32H25N2O2.BF4/c1-24-12-17-29(18-13-24)33-31(21-16-25-14-19-30(20-15-25)34(35)36)22-28(26-8-4-2-5-9-26)23-32(33)27-10-6-3-7-11-27;2-1(3,4)5/h2-23H,1H3;/q+1;-1. The van der Waals surface area contributed by atoms with Gasteiger partial charge in [-0.15, -0.1) is 0 Å². The van der Waals surface area contributed by atoms with Crippen molar-refractivity contribution in [3.63, 3.8) is 0 Å². The van der Waals surface area contributed by atoms with Crippen LogP contribution in [0.1, 0.15) is 16.8 Å². The highest BCUT2D eigenvalue weighted by molar-refractivity contribution is 6.50. The highest BCUT2D eigenvalue weighted by Gasteiger charge is 2.22. The molecule has 0 unspecified atom stereocenters. The van der Waals surface area contributed by atoms with E-state index in [0.717, 1.165) is 39.3 Å². The second-order valence-electron chi connectivity index (χ2n) is 9.13. The fourth-order valence-corrected chi connectivity index (χ4v) is 4.23. The molecule has 4 aromatic carbocycles. The van der Waals surface area contributed by atoms with E-state index in [9.17, 15) is 27.4 Å². The van der Waals surface area contributed by atoms with Gasteiger partial charge in [-0.25, -0.2) is 0 Å². The van der Waals surface area contributed by atoms with Crippen LogP contribution in [0.25, 0.3) is 40.2 Å². The molecule has 0 aliphatic carbocycles. The third-order valence-corrected chi connectivity index (χ3v) is 6.11. The SMILES string of the molecule is Cc1ccc(-[n+]2c(C=Cc3ccc([N+](=O)[O-])cc3)cc(-c3ccccc3)cc2-c2ccccc2)cc1.F[B-](F)(F)F. The van der Waals surface area contributed by atoms with Crippen molar-refractivity contribution in [2.45, 2.75) is 6.92 Å². The van der Waals surface area contributed by atoms with Crippen molar-refractivity contribution in [2.75, 3.05) is 0 Å². The molecule has 0 radical (unpaired) electrons. The summed E-state index contributed by atoms with van der Waals surface area (Å²) in [5, 5.41) is 11.0. The van der Waals surface area contributed by atoms with Crippen molar-refractivity contribution in [2.24, 2.45) is 0 Å². The fraction of sp³-hybridized carbons (Fsp3) is 0.0312. The summed E-state index contributed by atoms with van der Waals surface area (Å²) >= 11 is 0. The van der Waals surface area contributed by atoms with Crippen LogP contribution in [0.5, 0.6) is 0 Å². The van der Waals surface area contributed by atoms with Crippen LogP contribution in [0.2, 0.25) is 0 Å². The van der Waals surface area contributed by atoms with Gasteiger partial charge < -0.3 is 17.3 Å². The van der Waals surface area contributed by atoms with Crippen molar-refractivity contribution in [1.29, 1.82) is 0 Å². The van der Waals surface area contributed by atoms with Crippen LogP contribution in [-0.2, 0) is 0 Å². The monoisotopic (exact) mass is 556 g/mol. The zero-order valence-electron chi connectivity index (χ0n) is 22.0.